The van der Waals surface area contributed by atoms with Gasteiger partial charge in [-0.3, -0.25) is 14.5 Å². The lowest BCUT2D eigenvalue weighted by Crippen LogP contribution is -2.47. The fourth-order valence-electron chi connectivity index (χ4n) is 2.92. The van der Waals surface area contributed by atoms with Crippen LogP contribution < -0.4 is 5.32 Å². The van der Waals surface area contributed by atoms with Gasteiger partial charge in [0.15, 0.2) is 0 Å². The van der Waals surface area contributed by atoms with Crippen LogP contribution in [0.4, 0.5) is 0 Å². The Hall–Kier alpha value is -2.74. The maximum absolute atomic E-state index is 12.1. The second kappa shape index (κ2) is 18.8. The molecule has 0 unspecified atom stereocenters. The largest absolute Gasteiger partial charge is 0.395 e. The Labute approximate surface area is 198 Å². The number of allylic oxidation sites excluding steroid dienone is 5. The predicted octanol–water partition coefficient (Wildman–Crippen LogP) is 4.31. The number of aliphatic hydroxyl groups is 1. The van der Waals surface area contributed by atoms with E-state index in [0.717, 1.165) is 5.70 Å². The Balaban J connectivity index is 0.000000568. The van der Waals surface area contributed by atoms with Gasteiger partial charge in [-0.2, -0.15) is 0 Å². The SMILES string of the molecule is CC.CC.C\C=C/C=C(\C=C/C)NCCO.O=C1c2ccccc2C(=O)N1C1COCOC1. The van der Waals surface area contributed by atoms with Crippen LogP contribution in [0.25, 0.3) is 0 Å². The van der Waals surface area contributed by atoms with Crippen molar-refractivity contribution in [3.05, 3.63) is 71.5 Å². The molecule has 1 aromatic carbocycles. The van der Waals surface area contributed by atoms with Gasteiger partial charge in [0, 0.05) is 12.2 Å². The molecule has 2 heterocycles. The molecule has 0 radical (unpaired) electrons. The number of imide groups is 1. The summed E-state index contributed by atoms with van der Waals surface area (Å²) in [6, 6.07) is 6.51. The predicted molar refractivity (Wildman–Crippen MR) is 133 cm³/mol. The zero-order chi connectivity index (χ0) is 25.1. The average Bonchev–Trinajstić information content (AvgIpc) is 3.14. The molecule has 7 nitrogen and oxygen atoms in total. The van der Waals surface area contributed by atoms with E-state index < -0.39 is 0 Å². The number of hydrogen-bond donors (Lipinski definition) is 2. The van der Waals surface area contributed by atoms with Crippen LogP contribution in [0.3, 0.4) is 0 Å². The van der Waals surface area contributed by atoms with Crippen LogP contribution in [0.2, 0.25) is 0 Å². The first kappa shape index (κ1) is 30.3. The number of nitrogens with zero attached hydrogens (tertiary/aromatic N) is 1. The first-order valence-corrected chi connectivity index (χ1v) is 11.6. The van der Waals surface area contributed by atoms with E-state index in [0.29, 0.717) is 30.9 Å². The van der Waals surface area contributed by atoms with Crippen molar-refractivity contribution in [3.8, 4) is 0 Å². The van der Waals surface area contributed by atoms with Gasteiger partial charge in [-0.1, -0.05) is 58.1 Å². The molecule has 0 saturated carbocycles. The first-order valence-electron chi connectivity index (χ1n) is 11.6. The highest BCUT2D eigenvalue weighted by Crippen LogP contribution is 2.25. The van der Waals surface area contributed by atoms with Crippen molar-refractivity contribution in [1.29, 1.82) is 0 Å². The van der Waals surface area contributed by atoms with Crippen LogP contribution in [-0.4, -0.2) is 61.0 Å². The third-order valence-corrected chi connectivity index (χ3v) is 4.23. The van der Waals surface area contributed by atoms with Crippen LogP contribution in [0, 0.1) is 0 Å². The second-order valence-corrected chi connectivity index (χ2v) is 6.34. The summed E-state index contributed by atoms with van der Waals surface area (Å²) < 4.78 is 10.2. The first-order chi connectivity index (χ1) is 16.1. The van der Waals surface area contributed by atoms with Gasteiger partial charge in [-0.25, -0.2) is 0 Å². The fraction of sp³-hybridized carbons (Fsp3) is 0.462. The van der Waals surface area contributed by atoms with Crippen molar-refractivity contribution < 1.29 is 24.2 Å². The highest BCUT2D eigenvalue weighted by Gasteiger charge is 2.40. The maximum atomic E-state index is 12.1. The minimum Gasteiger partial charge on any atom is -0.395 e. The number of nitrogens with one attached hydrogen (secondary N) is 1. The van der Waals surface area contributed by atoms with Crippen LogP contribution >= 0.6 is 0 Å². The topological polar surface area (TPSA) is 88.1 Å². The molecule has 2 aliphatic rings. The molecule has 0 bridgehead atoms. The van der Waals surface area contributed by atoms with E-state index in [-0.39, 0.29) is 31.3 Å². The Bertz CT molecular complexity index is 746. The van der Waals surface area contributed by atoms with E-state index in [9.17, 15) is 9.59 Å². The molecule has 184 valence electrons. The summed E-state index contributed by atoms with van der Waals surface area (Å²) in [5, 5.41) is 11.7. The minimum absolute atomic E-state index is 0.157. The smallest absolute Gasteiger partial charge is 0.261 e. The number of fused-ring (bicyclic) bond motifs is 1. The zero-order valence-corrected chi connectivity index (χ0v) is 20.8. The fourth-order valence-corrected chi connectivity index (χ4v) is 2.92. The van der Waals surface area contributed by atoms with Gasteiger partial charge in [0.2, 0.25) is 0 Å². The highest BCUT2D eigenvalue weighted by molar-refractivity contribution is 6.21. The lowest BCUT2D eigenvalue weighted by Gasteiger charge is -2.29. The zero-order valence-electron chi connectivity index (χ0n) is 20.8. The van der Waals surface area contributed by atoms with Gasteiger partial charge in [0.1, 0.15) is 6.79 Å². The molecule has 0 aromatic heterocycles. The molecule has 0 aliphatic carbocycles. The number of amides is 2. The minimum atomic E-state index is -0.323. The monoisotopic (exact) mass is 460 g/mol. The molecule has 2 N–H and O–H groups in total. The van der Waals surface area contributed by atoms with E-state index in [2.05, 4.69) is 5.32 Å². The summed E-state index contributed by atoms with van der Waals surface area (Å²) in [7, 11) is 0. The molecule has 2 aliphatic heterocycles. The molecule has 1 fully saturated rings. The van der Waals surface area contributed by atoms with Crippen molar-refractivity contribution in [2.75, 3.05) is 33.2 Å². The van der Waals surface area contributed by atoms with E-state index in [1.807, 2.05) is 71.9 Å². The van der Waals surface area contributed by atoms with Gasteiger partial charge in [-0.05, 0) is 38.1 Å². The molecular weight excluding hydrogens is 420 g/mol. The summed E-state index contributed by atoms with van der Waals surface area (Å²) in [4.78, 5) is 25.4. The van der Waals surface area contributed by atoms with Crippen LogP contribution in [0.5, 0.6) is 0 Å². The van der Waals surface area contributed by atoms with Crippen molar-refractivity contribution in [2.24, 2.45) is 0 Å². The van der Waals surface area contributed by atoms with Gasteiger partial charge >= 0.3 is 0 Å². The standard InChI is InChI=1S/C12H11NO4.C10H17NO.2C2H6/c14-11-9-3-1-2-4-10(9)12(15)13(11)8-5-16-7-17-6-8;1-3-5-7-10(6-4-2)11-8-9-12;2*1-2/h1-4,8H,5-7H2;3-7,11-12H,8-9H2,1-2H3;2*1-2H3/b;5-3-,6-4-,10-7+;;. The van der Waals surface area contributed by atoms with Gasteiger partial charge < -0.3 is 19.9 Å². The van der Waals surface area contributed by atoms with E-state index in [1.54, 1.807) is 24.3 Å². The lowest BCUT2D eigenvalue weighted by atomic mass is 10.1. The summed E-state index contributed by atoms with van der Waals surface area (Å²) in [6.07, 6.45) is 9.81. The van der Waals surface area contributed by atoms with E-state index in [1.165, 1.54) is 4.90 Å². The lowest BCUT2D eigenvalue weighted by molar-refractivity contribution is -0.124. The van der Waals surface area contributed by atoms with E-state index >= 15 is 0 Å². The number of hydrogen-bond acceptors (Lipinski definition) is 6. The molecular formula is C26H40N2O5. The Kier molecular flexibility index (Phi) is 17.2. The number of rotatable bonds is 6. The van der Waals surface area contributed by atoms with Crippen LogP contribution in [-0.2, 0) is 9.47 Å². The molecule has 7 heteroatoms. The van der Waals surface area contributed by atoms with Gasteiger partial charge in [0.25, 0.3) is 11.8 Å². The summed E-state index contributed by atoms with van der Waals surface area (Å²) in [5.74, 6) is -0.519. The maximum Gasteiger partial charge on any atom is 0.261 e. The van der Waals surface area contributed by atoms with Crippen LogP contribution in [0.15, 0.2) is 60.3 Å². The Morgan fingerprint density at radius 3 is 2.03 bits per heavy atom. The third kappa shape index (κ3) is 9.74. The summed E-state index contributed by atoms with van der Waals surface area (Å²) >= 11 is 0. The normalized spacial score (nSPS) is 15.8. The van der Waals surface area contributed by atoms with Crippen molar-refractivity contribution >= 4 is 11.8 Å². The quantitative estimate of drug-likeness (QED) is 0.486. The van der Waals surface area contributed by atoms with Crippen molar-refractivity contribution in [1.82, 2.24) is 10.2 Å². The number of carbonyl (C=O) groups is 2. The highest BCUT2D eigenvalue weighted by atomic mass is 16.7. The number of aliphatic hydroxyl groups excluding tert-OH is 1. The number of benzene rings is 1. The van der Waals surface area contributed by atoms with E-state index in [4.69, 9.17) is 14.6 Å². The summed E-state index contributed by atoms with van der Waals surface area (Å²) in [6.45, 7) is 13.6. The average molecular weight is 461 g/mol. The molecule has 0 atom stereocenters. The number of ether oxygens (including phenoxy) is 2. The molecule has 0 spiro atoms. The van der Waals surface area contributed by atoms with Crippen molar-refractivity contribution in [3.63, 3.8) is 0 Å². The molecule has 33 heavy (non-hydrogen) atoms. The van der Waals surface area contributed by atoms with Crippen molar-refractivity contribution in [2.45, 2.75) is 47.6 Å². The number of carbonyl (C=O) groups excluding carboxylic acids is 2. The molecule has 2 amide bonds. The summed E-state index contributed by atoms with van der Waals surface area (Å²) in [5.41, 5.74) is 1.94. The molecule has 3 rings (SSSR count). The molecule has 1 saturated heterocycles. The van der Waals surface area contributed by atoms with Crippen LogP contribution in [0.1, 0.15) is 62.3 Å². The second-order valence-electron chi connectivity index (χ2n) is 6.34. The molecule has 1 aromatic rings. The third-order valence-electron chi connectivity index (χ3n) is 4.23. The van der Waals surface area contributed by atoms with Gasteiger partial charge in [-0.15, -0.1) is 0 Å². The Morgan fingerprint density at radius 1 is 1.03 bits per heavy atom. The Morgan fingerprint density at radius 2 is 1.58 bits per heavy atom. The van der Waals surface area contributed by atoms with Gasteiger partial charge in [0.05, 0.1) is 37.0 Å².